The fourth-order valence-corrected chi connectivity index (χ4v) is 6.79. The van der Waals surface area contributed by atoms with Crippen molar-refractivity contribution in [2.45, 2.75) is 18.6 Å². The molecule has 110 valence electrons. The van der Waals surface area contributed by atoms with Crippen molar-refractivity contribution >= 4 is 13.3 Å². The first-order valence-corrected chi connectivity index (χ1v) is 10.9. The van der Waals surface area contributed by atoms with Crippen LogP contribution >= 0.6 is 0 Å². The fraction of sp³-hybridized carbons (Fsp3) is 0.143. The Hall–Kier alpha value is -2.12. The summed E-state index contributed by atoms with van der Waals surface area (Å²) in [6.45, 7) is 4.96. The van der Waals surface area contributed by atoms with Crippen LogP contribution in [0.15, 0.2) is 91.0 Å². The molecule has 0 radical (unpaired) electrons. The Labute approximate surface area is 134 Å². The fourth-order valence-electron chi connectivity index (χ4n) is 3.35. The van der Waals surface area contributed by atoms with Gasteiger partial charge in [0.05, 0.1) is 8.07 Å². The molecule has 0 unspecified atom stereocenters. The first-order chi connectivity index (χ1) is 10.7. The molecule has 22 heavy (non-hydrogen) atoms. The molecule has 0 saturated heterocycles. The van der Waals surface area contributed by atoms with Crippen molar-refractivity contribution in [2.24, 2.45) is 0 Å². The lowest BCUT2D eigenvalue weighted by atomic mass is 10.0. The summed E-state index contributed by atoms with van der Waals surface area (Å²) in [4.78, 5) is 0. The van der Waals surface area contributed by atoms with Gasteiger partial charge in [-0.15, -0.1) is 0 Å². The Morgan fingerprint density at radius 2 is 0.909 bits per heavy atom. The summed E-state index contributed by atoms with van der Waals surface area (Å²) in [5.74, 6) is 0. The van der Waals surface area contributed by atoms with Crippen LogP contribution in [0.3, 0.4) is 0 Å². The van der Waals surface area contributed by atoms with Crippen molar-refractivity contribution in [1.82, 2.24) is 0 Å². The van der Waals surface area contributed by atoms with Crippen molar-refractivity contribution in [3.05, 3.63) is 102 Å². The van der Waals surface area contributed by atoms with Gasteiger partial charge in [0.1, 0.15) is 0 Å². The summed E-state index contributed by atoms with van der Waals surface area (Å²) in [7, 11) is -1.69. The lowest BCUT2D eigenvalue weighted by Crippen LogP contribution is -2.48. The lowest BCUT2D eigenvalue weighted by Gasteiger charge is -2.34. The van der Waals surface area contributed by atoms with Gasteiger partial charge in [-0.1, -0.05) is 109 Å². The van der Waals surface area contributed by atoms with Gasteiger partial charge in [0.15, 0.2) is 0 Å². The minimum Gasteiger partial charge on any atom is -0.0647 e. The van der Waals surface area contributed by atoms with Gasteiger partial charge in [0.2, 0.25) is 0 Å². The quantitative estimate of drug-likeness (QED) is 0.597. The third kappa shape index (κ3) is 2.90. The molecule has 1 heteroatoms. The number of benzene rings is 3. The normalized spacial score (nSPS) is 11.6. The molecule has 0 bridgehead atoms. The van der Waals surface area contributed by atoms with E-state index in [1.807, 2.05) is 0 Å². The van der Waals surface area contributed by atoms with E-state index < -0.39 is 8.07 Å². The minimum absolute atomic E-state index is 0.470. The van der Waals surface area contributed by atoms with Crippen molar-refractivity contribution in [3.8, 4) is 0 Å². The maximum absolute atomic E-state index is 2.48. The molecule has 0 heterocycles. The number of hydrogen-bond donors (Lipinski definition) is 0. The van der Waals surface area contributed by atoms with E-state index in [0.717, 1.165) is 0 Å². The zero-order chi connectivity index (χ0) is 15.4. The van der Waals surface area contributed by atoms with E-state index >= 15 is 0 Å². The van der Waals surface area contributed by atoms with Crippen LogP contribution in [0.2, 0.25) is 13.1 Å². The van der Waals surface area contributed by atoms with Gasteiger partial charge in [-0.05, 0) is 11.1 Å². The molecule has 0 saturated carbocycles. The van der Waals surface area contributed by atoms with E-state index in [1.54, 1.807) is 0 Å². The highest BCUT2D eigenvalue weighted by molar-refractivity contribution is 6.91. The predicted molar refractivity (Wildman–Crippen MR) is 98.3 cm³/mol. The largest absolute Gasteiger partial charge is 0.0927 e. The Balaban J connectivity index is 2.14. The summed E-state index contributed by atoms with van der Waals surface area (Å²) in [5, 5.41) is 1.51. The van der Waals surface area contributed by atoms with E-state index in [0.29, 0.717) is 5.54 Å². The molecule has 3 aromatic rings. The Morgan fingerprint density at radius 1 is 0.545 bits per heavy atom. The molecular weight excluding hydrogens is 280 g/mol. The first kappa shape index (κ1) is 14.8. The highest BCUT2D eigenvalue weighted by Crippen LogP contribution is 2.33. The van der Waals surface area contributed by atoms with Gasteiger partial charge < -0.3 is 0 Å². The topological polar surface area (TPSA) is 0 Å². The van der Waals surface area contributed by atoms with Gasteiger partial charge in [0.25, 0.3) is 0 Å². The third-order valence-corrected chi connectivity index (χ3v) is 8.44. The standard InChI is InChI=1S/C21H22Si/c1-22(2,20-16-10-5-11-17-20)21(18-12-6-3-7-13-18)19-14-8-4-9-15-19/h3-17,21H,1-2H3. The molecule has 0 aliphatic heterocycles. The Bertz CT molecular complexity index is 663. The molecule has 0 spiro atoms. The molecule has 0 atom stereocenters. The Morgan fingerprint density at radius 3 is 1.32 bits per heavy atom. The SMILES string of the molecule is C[Si](C)(c1ccccc1)C(c1ccccc1)c1ccccc1. The molecule has 3 aromatic carbocycles. The Kier molecular flexibility index (Phi) is 4.26. The molecule has 0 aliphatic rings. The molecule has 0 amide bonds. The highest BCUT2D eigenvalue weighted by Gasteiger charge is 2.35. The van der Waals surface area contributed by atoms with Gasteiger partial charge in [-0.25, -0.2) is 0 Å². The average molecular weight is 302 g/mol. The van der Waals surface area contributed by atoms with Crippen LogP contribution in [0, 0.1) is 0 Å². The average Bonchev–Trinajstić information content (AvgIpc) is 2.58. The molecule has 0 N–H and O–H groups in total. The van der Waals surface area contributed by atoms with Gasteiger partial charge in [-0.2, -0.15) is 0 Å². The van der Waals surface area contributed by atoms with E-state index in [1.165, 1.54) is 16.3 Å². The maximum Gasteiger partial charge on any atom is 0.0927 e. The summed E-state index contributed by atoms with van der Waals surface area (Å²) in [6, 6.07) is 32.9. The second-order valence-electron chi connectivity index (χ2n) is 6.34. The molecule has 0 fully saturated rings. The van der Waals surface area contributed by atoms with Crippen LogP contribution in [0.4, 0.5) is 0 Å². The third-order valence-electron chi connectivity index (χ3n) is 4.51. The molecule has 0 nitrogen and oxygen atoms in total. The van der Waals surface area contributed by atoms with Crippen LogP contribution in [0.1, 0.15) is 16.7 Å². The van der Waals surface area contributed by atoms with Crippen LogP contribution in [-0.2, 0) is 0 Å². The number of hydrogen-bond acceptors (Lipinski definition) is 0. The molecule has 0 aliphatic carbocycles. The highest BCUT2D eigenvalue weighted by atomic mass is 28.3. The summed E-state index contributed by atoms with van der Waals surface area (Å²) in [6.07, 6.45) is 0. The van der Waals surface area contributed by atoms with Crippen LogP contribution in [0.5, 0.6) is 0 Å². The second-order valence-corrected chi connectivity index (χ2v) is 10.9. The van der Waals surface area contributed by atoms with Crippen LogP contribution in [-0.4, -0.2) is 8.07 Å². The predicted octanol–water partition coefficient (Wildman–Crippen LogP) is 4.97. The summed E-state index contributed by atoms with van der Waals surface area (Å²) < 4.78 is 0. The number of rotatable bonds is 4. The van der Waals surface area contributed by atoms with E-state index in [2.05, 4.69) is 104 Å². The van der Waals surface area contributed by atoms with E-state index in [4.69, 9.17) is 0 Å². The van der Waals surface area contributed by atoms with Gasteiger partial charge in [-0.3, -0.25) is 0 Å². The summed E-state index contributed by atoms with van der Waals surface area (Å²) in [5.41, 5.74) is 3.32. The molecule has 0 aromatic heterocycles. The zero-order valence-corrected chi connectivity index (χ0v) is 14.2. The smallest absolute Gasteiger partial charge is 0.0647 e. The second kappa shape index (κ2) is 6.33. The maximum atomic E-state index is 2.48. The molecular formula is C21H22Si. The van der Waals surface area contributed by atoms with Crippen molar-refractivity contribution in [2.75, 3.05) is 0 Å². The van der Waals surface area contributed by atoms with Crippen molar-refractivity contribution in [3.63, 3.8) is 0 Å². The first-order valence-electron chi connectivity index (χ1n) is 7.85. The van der Waals surface area contributed by atoms with E-state index in [9.17, 15) is 0 Å². The minimum atomic E-state index is -1.69. The lowest BCUT2D eigenvalue weighted by molar-refractivity contribution is 1.08. The van der Waals surface area contributed by atoms with Gasteiger partial charge in [0, 0.05) is 5.54 Å². The molecule has 3 rings (SSSR count). The van der Waals surface area contributed by atoms with Gasteiger partial charge >= 0.3 is 0 Å². The van der Waals surface area contributed by atoms with Crippen molar-refractivity contribution in [1.29, 1.82) is 0 Å². The van der Waals surface area contributed by atoms with Crippen LogP contribution < -0.4 is 5.19 Å². The van der Waals surface area contributed by atoms with Crippen molar-refractivity contribution < 1.29 is 0 Å². The summed E-state index contributed by atoms with van der Waals surface area (Å²) >= 11 is 0. The monoisotopic (exact) mass is 302 g/mol. The zero-order valence-electron chi connectivity index (χ0n) is 13.2. The van der Waals surface area contributed by atoms with E-state index in [-0.39, 0.29) is 0 Å². The van der Waals surface area contributed by atoms with Crippen LogP contribution in [0.25, 0.3) is 0 Å².